The Labute approximate surface area is 174 Å². The van der Waals surface area contributed by atoms with E-state index in [1.165, 1.54) is 0 Å². The van der Waals surface area contributed by atoms with Gasteiger partial charge in [0, 0.05) is 23.8 Å². The number of hydrogen-bond acceptors (Lipinski definition) is 6. The van der Waals surface area contributed by atoms with Gasteiger partial charge in [-0.25, -0.2) is 4.79 Å². The van der Waals surface area contributed by atoms with Gasteiger partial charge in [0.2, 0.25) is 0 Å². The van der Waals surface area contributed by atoms with Gasteiger partial charge in [-0.05, 0) is 42.7 Å². The Balaban J connectivity index is 1.46. The minimum absolute atomic E-state index is 0.229. The highest BCUT2D eigenvalue weighted by atomic mass is 32.2. The summed E-state index contributed by atoms with van der Waals surface area (Å²) < 4.78 is 15.9. The molecule has 0 radical (unpaired) electrons. The van der Waals surface area contributed by atoms with Crippen molar-refractivity contribution in [1.29, 1.82) is 0 Å². The van der Waals surface area contributed by atoms with Crippen LogP contribution in [-0.2, 0) is 20.8 Å². The predicted molar refractivity (Wildman–Crippen MR) is 111 cm³/mol. The number of carbonyl (C=O) groups excluding carboxylic acids is 2. The summed E-state index contributed by atoms with van der Waals surface area (Å²) in [5.74, 6) is 0.704. The molecule has 3 rings (SSSR count). The molecule has 0 aliphatic carbocycles. The molecule has 1 aliphatic heterocycles. The van der Waals surface area contributed by atoms with Crippen LogP contribution >= 0.6 is 11.8 Å². The number of esters is 1. The van der Waals surface area contributed by atoms with Crippen molar-refractivity contribution in [2.24, 2.45) is 0 Å². The Hall–Kier alpha value is -2.51. The van der Waals surface area contributed by atoms with Crippen molar-refractivity contribution in [1.82, 2.24) is 5.32 Å². The highest BCUT2D eigenvalue weighted by molar-refractivity contribution is 7.99. The number of carbonyl (C=O) groups is 2. The first-order valence-corrected chi connectivity index (χ1v) is 10.5. The summed E-state index contributed by atoms with van der Waals surface area (Å²) in [6, 6.07) is 14.7. The van der Waals surface area contributed by atoms with Gasteiger partial charge in [0.1, 0.15) is 5.75 Å². The topological polar surface area (TPSA) is 73.9 Å². The first-order valence-electron chi connectivity index (χ1n) is 9.56. The van der Waals surface area contributed by atoms with Crippen LogP contribution in [-0.4, -0.2) is 44.1 Å². The average Bonchev–Trinajstić information content (AvgIpc) is 3.29. The molecule has 0 unspecified atom stereocenters. The largest absolute Gasteiger partial charge is 0.497 e. The summed E-state index contributed by atoms with van der Waals surface area (Å²) in [5.41, 5.74) is 1.40. The Morgan fingerprint density at radius 3 is 2.69 bits per heavy atom. The van der Waals surface area contributed by atoms with E-state index in [-0.39, 0.29) is 18.6 Å². The SMILES string of the molecule is COc1ccc(CNC(=O)COC(=O)c2ccccc2SC[C@@H]2CCCO2)cc1. The van der Waals surface area contributed by atoms with Crippen LogP contribution in [0.25, 0.3) is 0 Å². The second-order valence-corrected chi connectivity index (χ2v) is 7.70. The minimum Gasteiger partial charge on any atom is -0.497 e. The zero-order valence-electron chi connectivity index (χ0n) is 16.4. The maximum atomic E-state index is 12.5. The molecule has 0 aromatic heterocycles. The smallest absolute Gasteiger partial charge is 0.339 e. The van der Waals surface area contributed by atoms with E-state index >= 15 is 0 Å². The average molecular weight is 416 g/mol. The maximum Gasteiger partial charge on any atom is 0.339 e. The van der Waals surface area contributed by atoms with E-state index in [9.17, 15) is 9.59 Å². The van der Waals surface area contributed by atoms with E-state index in [0.29, 0.717) is 12.1 Å². The van der Waals surface area contributed by atoms with Crippen molar-refractivity contribution in [2.45, 2.75) is 30.4 Å². The highest BCUT2D eigenvalue weighted by Crippen LogP contribution is 2.27. The third kappa shape index (κ3) is 6.51. The van der Waals surface area contributed by atoms with E-state index in [1.807, 2.05) is 36.4 Å². The molecule has 2 aromatic rings. The number of ether oxygens (including phenoxy) is 3. The van der Waals surface area contributed by atoms with Crippen molar-refractivity contribution in [3.05, 3.63) is 59.7 Å². The standard InChI is InChI=1S/C22H25NO5S/c1-26-17-10-8-16(9-11-17)13-23-21(24)14-28-22(25)19-6-2-3-7-20(19)29-15-18-5-4-12-27-18/h2-3,6-11,18H,4-5,12-15H2,1H3,(H,23,24)/t18-/m0/s1. The van der Waals surface area contributed by atoms with Crippen molar-refractivity contribution in [2.75, 3.05) is 26.1 Å². The first kappa shape index (κ1) is 21.2. The van der Waals surface area contributed by atoms with E-state index in [2.05, 4.69) is 5.32 Å². The molecule has 0 saturated carbocycles. The fourth-order valence-corrected chi connectivity index (χ4v) is 4.03. The van der Waals surface area contributed by atoms with E-state index in [1.54, 1.807) is 31.0 Å². The van der Waals surface area contributed by atoms with Gasteiger partial charge >= 0.3 is 5.97 Å². The Morgan fingerprint density at radius 1 is 1.17 bits per heavy atom. The number of benzene rings is 2. The normalized spacial score (nSPS) is 15.7. The van der Waals surface area contributed by atoms with Gasteiger partial charge in [0.05, 0.1) is 18.8 Å². The molecule has 6 nitrogen and oxygen atoms in total. The van der Waals surface area contributed by atoms with E-state index < -0.39 is 5.97 Å². The summed E-state index contributed by atoms with van der Waals surface area (Å²) >= 11 is 1.58. The van der Waals surface area contributed by atoms with Crippen LogP contribution in [0.4, 0.5) is 0 Å². The van der Waals surface area contributed by atoms with Gasteiger partial charge in [-0.1, -0.05) is 24.3 Å². The van der Waals surface area contributed by atoms with Crippen molar-refractivity contribution in [3.8, 4) is 5.75 Å². The van der Waals surface area contributed by atoms with Gasteiger partial charge in [0.25, 0.3) is 5.91 Å². The lowest BCUT2D eigenvalue weighted by Crippen LogP contribution is -2.28. The maximum absolute atomic E-state index is 12.5. The van der Waals surface area contributed by atoms with Crippen molar-refractivity contribution >= 4 is 23.6 Å². The van der Waals surface area contributed by atoms with Gasteiger partial charge in [-0.2, -0.15) is 0 Å². The van der Waals surface area contributed by atoms with Crippen LogP contribution < -0.4 is 10.1 Å². The first-order chi connectivity index (χ1) is 14.2. The Kier molecular flexibility index (Phi) is 7.95. The van der Waals surface area contributed by atoms with Crippen LogP contribution in [0.3, 0.4) is 0 Å². The van der Waals surface area contributed by atoms with Crippen molar-refractivity contribution < 1.29 is 23.8 Å². The number of thioether (sulfide) groups is 1. The molecule has 1 N–H and O–H groups in total. The summed E-state index contributed by atoms with van der Waals surface area (Å²) in [5, 5.41) is 2.74. The molecular formula is C22H25NO5S. The zero-order chi connectivity index (χ0) is 20.5. The lowest BCUT2D eigenvalue weighted by Gasteiger charge is -2.12. The van der Waals surface area contributed by atoms with Crippen LogP contribution in [0.2, 0.25) is 0 Å². The third-order valence-corrected chi connectivity index (χ3v) is 5.74. The zero-order valence-corrected chi connectivity index (χ0v) is 17.2. The van der Waals surface area contributed by atoms with Gasteiger partial charge in [0.15, 0.2) is 6.61 Å². The summed E-state index contributed by atoms with van der Waals surface area (Å²) in [6.45, 7) is 0.842. The molecule has 1 amide bonds. The second kappa shape index (κ2) is 10.9. The van der Waals surface area contributed by atoms with Crippen molar-refractivity contribution in [3.63, 3.8) is 0 Å². The molecule has 7 heteroatoms. The summed E-state index contributed by atoms with van der Waals surface area (Å²) in [7, 11) is 1.60. The molecule has 1 atom stereocenters. The fourth-order valence-electron chi connectivity index (χ4n) is 2.92. The van der Waals surface area contributed by atoms with Gasteiger partial charge < -0.3 is 19.5 Å². The molecule has 154 valence electrons. The number of hydrogen-bond donors (Lipinski definition) is 1. The van der Waals surface area contributed by atoms with Gasteiger partial charge in [-0.15, -0.1) is 11.8 Å². The Morgan fingerprint density at radius 2 is 1.97 bits per heavy atom. The summed E-state index contributed by atoms with van der Waals surface area (Å²) in [4.78, 5) is 25.3. The molecule has 0 spiro atoms. The minimum atomic E-state index is -0.500. The third-order valence-electron chi connectivity index (χ3n) is 4.54. The predicted octanol–water partition coefficient (Wildman–Crippen LogP) is 3.44. The molecule has 2 aromatic carbocycles. The molecular weight excluding hydrogens is 390 g/mol. The fraction of sp³-hybridized carbons (Fsp3) is 0.364. The summed E-state index contributed by atoms with van der Waals surface area (Å²) in [6.07, 6.45) is 2.36. The number of amides is 1. The van der Waals surface area contributed by atoms with Crippen LogP contribution in [0, 0.1) is 0 Å². The van der Waals surface area contributed by atoms with Gasteiger partial charge in [-0.3, -0.25) is 4.79 Å². The number of methoxy groups -OCH3 is 1. The highest BCUT2D eigenvalue weighted by Gasteiger charge is 2.19. The molecule has 1 heterocycles. The van der Waals surface area contributed by atoms with E-state index in [4.69, 9.17) is 14.2 Å². The second-order valence-electron chi connectivity index (χ2n) is 6.64. The quantitative estimate of drug-likeness (QED) is 0.500. The molecule has 29 heavy (non-hydrogen) atoms. The molecule has 1 aliphatic rings. The molecule has 1 saturated heterocycles. The van der Waals surface area contributed by atoms with E-state index in [0.717, 1.165) is 41.4 Å². The van der Waals surface area contributed by atoms with Crippen LogP contribution in [0.15, 0.2) is 53.4 Å². The Bertz CT molecular complexity index is 818. The molecule has 1 fully saturated rings. The monoisotopic (exact) mass is 415 g/mol. The lowest BCUT2D eigenvalue weighted by molar-refractivity contribution is -0.124. The van der Waals surface area contributed by atoms with Crippen LogP contribution in [0.1, 0.15) is 28.8 Å². The van der Waals surface area contributed by atoms with Crippen LogP contribution in [0.5, 0.6) is 5.75 Å². The number of nitrogens with one attached hydrogen (secondary N) is 1. The lowest BCUT2D eigenvalue weighted by atomic mass is 10.2. The molecule has 0 bridgehead atoms. The number of rotatable bonds is 9.